The Labute approximate surface area is 135 Å². The fourth-order valence-electron chi connectivity index (χ4n) is 2.41. The molecule has 124 valence electrons. The van der Waals surface area contributed by atoms with Gasteiger partial charge in [-0.25, -0.2) is 4.68 Å². The van der Waals surface area contributed by atoms with E-state index in [4.69, 9.17) is 0 Å². The topological polar surface area (TPSA) is 44.1 Å². The average molecular weight is 334 g/mol. The third-order valence-electron chi connectivity index (χ3n) is 3.64. The number of esters is 1. The normalized spacial score (nSPS) is 11.7. The molecule has 0 N–H and O–H groups in total. The van der Waals surface area contributed by atoms with Crippen LogP contribution in [-0.4, -0.2) is 22.9 Å². The molecule has 7 heteroatoms. The van der Waals surface area contributed by atoms with Gasteiger partial charge in [-0.3, -0.25) is 4.79 Å². The zero-order valence-corrected chi connectivity index (χ0v) is 12.7. The molecule has 3 rings (SSSR count). The van der Waals surface area contributed by atoms with Gasteiger partial charge in [-0.05, 0) is 29.8 Å². The molecule has 2 aromatic carbocycles. The summed E-state index contributed by atoms with van der Waals surface area (Å²) in [6.07, 6.45) is -2.59. The van der Waals surface area contributed by atoms with Crippen molar-refractivity contribution < 1.29 is 22.7 Å². The number of alkyl halides is 3. The smallest absolute Gasteiger partial charge is 0.416 e. The van der Waals surface area contributed by atoms with Crippen molar-refractivity contribution in [2.24, 2.45) is 0 Å². The van der Waals surface area contributed by atoms with Gasteiger partial charge >= 0.3 is 12.1 Å². The van der Waals surface area contributed by atoms with E-state index in [1.54, 1.807) is 18.3 Å². The van der Waals surface area contributed by atoms with E-state index in [0.717, 1.165) is 17.5 Å². The number of halogens is 3. The second-order valence-electron chi connectivity index (χ2n) is 5.23. The number of rotatable bonds is 3. The van der Waals surface area contributed by atoms with Crippen LogP contribution in [0.5, 0.6) is 0 Å². The highest BCUT2D eigenvalue weighted by molar-refractivity contribution is 5.86. The zero-order chi connectivity index (χ0) is 17.3. The second-order valence-corrected chi connectivity index (χ2v) is 5.23. The zero-order valence-electron chi connectivity index (χ0n) is 12.7. The summed E-state index contributed by atoms with van der Waals surface area (Å²) in [6.45, 7) is 0. The van der Waals surface area contributed by atoms with E-state index in [9.17, 15) is 18.0 Å². The van der Waals surface area contributed by atoms with E-state index < -0.39 is 11.7 Å². The molecular weight excluding hydrogens is 321 g/mol. The monoisotopic (exact) mass is 334 g/mol. The van der Waals surface area contributed by atoms with Gasteiger partial charge in [-0.2, -0.15) is 18.3 Å². The fraction of sp³-hybridized carbons (Fsp3) is 0.176. The van der Waals surface area contributed by atoms with Crippen molar-refractivity contribution in [3.8, 4) is 5.69 Å². The van der Waals surface area contributed by atoms with E-state index in [1.807, 2.05) is 6.07 Å². The molecule has 0 bridgehead atoms. The fourth-order valence-corrected chi connectivity index (χ4v) is 2.41. The molecule has 0 unspecified atom stereocenters. The number of methoxy groups -OCH3 is 1. The number of carbonyl (C=O) groups is 1. The van der Waals surface area contributed by atoms with Crippen molar-refractivity contribution in [3.05, 3.63) is 59.8 Å². The van der Waals surface area contributed by atoms with Gasteiger partial charge in [0.15, 0.2) is 0 Å². The van der Waals surface area contributed by atoms with Crippen LogP contribution < -0.4 is 0 Å². The maximum absolute atomic E-state index is 12.6. The quantitative estimate of drug-likeness (QED) is 0.685. The van der Waals surface area contributed by atoms with E-state index >= 15 is 0 Å². The lowest BCUT2D eigenvalue weighted by Gasteiger charge is -2.07. The van der Waals surface area contributed by atoms with Crippen molar-refractivity contribution in [3.63, 3.8) is 0 Å². The first-order valence-electron chi connectivity index (χ1n) is 7.10. The standard InChI is InChI=1S/C17H13F3N2O2/c1-24-15(23)9-11-3-2-4-12-10-22(21-16(11)12)14-7-5-13(6-8-14)17(18,19)20/h2-8,10H,9H2,1H3. The predicted octanol–water partition coefficient (Wildman–Crippen LogP) is 3.76. The first-order chi connectivity index (χ1) is 11.4. The highest BCUT2D eigenvalue weighted by Gasteiger charge is 2.30. The molecule has 0 atom stereocenters. The number of hydrogen-bond acceptors (Lipinski definition) is 3. The summed E-state index contributed by atoms with van der Waals surface area (Å²) in [6, 6.07) is 10.1. The molecule has 4 nitrogen and oxygen atoms in total. The third-order valence-corrected chi connectivity index (χ3v) is 3.64. The molecule has 0 saturated heterocycles. The van der Waals surface area contributed by atoms with E-state index in [2.05, 4.69) is 9.84 Å². The minimum Gasteiger partial charge on any atom is -0.469 e. The van der Waals surface area contributed by atoms with E-state index in [0.29, 0.717) is 16.8 Å². The molecular formula is C17H13F3N2O2. The lowest BCUT2D eigenvalue weighted by atomic mass is 10.1. The predicted molar refractivity (Wildman–Crippen MR) is 81.8 cm³/mol. The van der Waals surface area contributed by atoms with Crippen LogP contribution in [0.3, 0.4) is 0 Å². The summed E-state index contributed by atoms with van der Waals surface area (Å²) >= 11 is 0. The molecule has 0 amide bonds. The molecule has 0 aliphatic rings. The van der Waals surface area contributed by atoms with Gasteiger partial charge in [0.05, 0.1) is 30.3 Å². The Bertz CT molecular complexity index is 883. The van der Waals surface area contributed by atoms with Gasteiger partial charge < -0.3 is 4.74 Å². The van der Waals surface area contributed by atoms with E-state index in [-0.39, 0.29) is 12.4 Å². The Balaban J connectivity index is 1.99. The molecule has 24 heavy (non-hydrogen) atoms. The van der Waals surface area contributed by atoms with Crippen LogP contribution in [0.25, 0.3) is 16.6 Å². The first-order valence-corrected chi connectivity index (χ1v) is 7.10. The van der Waals surface area contributed by atoms with Gasteiger partial charge in [0.2, 0.25) is 0 Å². The summed E-state index contributed by atoms with van der Waals surface area (Å²) in [5.41, 5.74) is 1.10. The Morgan fingerprint density at radius 3 is 2.50 bits per heavy atom. The van der Waals surface area contributed by atoms with Crippen molar-refractivity contribution in [1.82, 2.24) is 9.78 Å². The average Bonchev–Trinajstić information content (AvgIpc) is 2.99. The maximum atomic E-state index is 12.6. The Hall–Kier alpha value is -2.83. The van der Waals surface area contributed by atoms with Gasteiger partial charge in [0.1, 0.15) is 0 Å². The number of benzene rings is 2. The van der Waals surface area contributed by atoms with Crippen molar-refractivity contribution in [2.45, 2.75) is 12.6 Å². The van der Waals surface area contributed by atoms with Crippen LogP contribution in [0.1, 0.15) is 11.1 Å². The second kappa shape index (κ2) is 5.99. The van der Waals surface area contributed by atoms with Crippen molar-refractivity contribution in [1.29, 1.82) is 0 Å². The SMILES string of the molecule is COC(=O)Cc1cccc2cn(-c3ccc(C(F)(F)F)cc3)nc12. The number of carbonyl (C=O) groups excluding carboxylic acids is 1. The molecule has 3 aromatic rings. The summed E-state index contributed by atoms with van der Waals surface area (Å²) < 4.78 is 44.0. The van der Waals surface area contributed by atoms with Crippen LogP contribution in [0.2, 0.25) is 0 Å². The van der Waals surface area contributed by atoms with Crippen LogP contribution in [-0.2, 0) is 22.1 Å². The summed E-state index contributed by atoms with van der Waals surface area (Å²) in [7, 11) is 1.31. The third kappa shape index (κ3) is 3.10. The number of fused-ring (bicyclic) bond motifs is 1. The highest BCUT2D eigenvalue weighted by atomic mass is 19.4. The minimum absolute atomic E-state index is 0.0812. The lowest BCUT2D eigenvalue weighted by Crippen LogP contribution is -2.05. The molecule has 1 heterocycles. The molecule has 0 radical (unpaired) electrons. The summed E-state index contributed by atoms with van der Waals surface area (Å²) in [5, 5.41) is 5.18. The maximum Gasteiger partial charge on any atom is 0.416 e. The number of nitrogens with zero attached hydrogens (tertiary/aromatic N) is 2. The number of ether oxygens (including phenoxy) is 1. The molecule has 0 saturated carbocycles. The van der Waals surface area contributed by atoms with Crippen LogP contribution in [0.15, 0.2) is 48.7 Å². The van der Waals surface area contributed by atoms with Gasteiger partial charge in [-0.15, -0.1) is 0 Å². The molecule has 1 aromatic heterocycles. The number of aromatic nitrogens is 2. The molecule has 0 fully saturated rings. The van der Waals surface area contributed by atoms with E-state index in [1.165, 1.54) is 23.9 Å². The Kier molecular flexibility index (Phi) is 4.01. The molecule has 0 aliphatic heterocycles. The number of hydrogen-bond donors (Lipinski definition) is 0. The Morgan fingerprint density at radius 1 is 1.17 bits per heavy atom. The lowest BCUT2D eigenvalue weighted by molar-refractivity contribution is -0.140. The summed E-state index contributed by atoms with van der Waals surface area (Å²) in [4.78, 5) is 11.5. The largest absolute Gasteiger partial charge is 0.469 e. The first kappa shape index (κ1) is 16.0. The molecule has 0 spiro atoms. The highest BCUT2D eigenvalue weighted by Crippen LogP contribution is 2.30. The summed E-state index contributed by atoms with van der Waals surface area (Å²) in [5.74, 6) is -0.383. The van der Waals surface area contributed by atoms with Crippen LogP contribution in [0, 0.1) is 0 Å². The van der Waals surface area contributed by atoms with Crippen molar-refractivity contribution >= 4 is 16.9 Å². The van der Waals surface area contributed by atoms with Crippen LogP contribution >= 0.6 is 0 Å². The van der Waals surface area contributed by atoms with Crippen molar-refractivity contribution in [2.75, 3.05) is 7.11 Å². The van der Waals surface area contributed by atoms with Crippen LogP contribution in [0.4, 0.5) is 13.2 Å². The minimum atomic E-state index is -4.37. The molecule has 0 aliphatic carbocycles. The van der Waals surface area contributed by atoms with Gasteiger partial charge in [-0.1, -0.05) is 18.2 Å². The van der Waals surface area contributed by atoms with Gasteiger partial charge in [0, 0.05) is 11.6 Å². The van der Waals surface area contributed by atoms with Gasteiger partial charge in [0.25, 0.3) is 0 Å². The Morgan fingerprint density at radius 2 is 1.88 bits per heavy atom.